The summed E-state index contributed by atoms with van der Waals surface area (Å²) in [6, 6.07) is 15.9. The summed E-state index contributed by atoms with van der Waals surface area (Å²) in [6.45, 7) is 0.307. The van der Waals surface area contributed by atoms with E-state index in [4.69, 9.17) is 13.9 Å². The highest BCUT2D eigenvalue weighted by atomic mass is 32.2. The fraction of sp³-hybridized carbons (Fsp3) is 0.222. The van der Waals surface area contributed by atoms with Crippen molar-refractivity contribution in [2.45, 2.75) is 24.0 Å². The first-order chi connectivity index (χ1) is 19.1. The smallest absolute Gasteiger partial charge is 0.470 e. The van der Waals surface area contributed by atoms with Gasteiger partial charge in [-0.05, 0) is 47.8 Å². The molecule has 0 saturated carbocycles. The topological polar surface area (TPSA) is 89.7 Å². The van der Waals surface area contributed by atoms with E-state index in [2.05, 4.69) is 14.9 Å². The zero-order valence-electron chi connectivity index (χ0n) is 21.6. The second kappa shape index (κ2) is 12.4. The molecule has 1 aromatic heterocycles. The van der Waals surface area contributed by atoms with E-state index in [1.54, 1.807) is 24.3 Å². The van der Waals surface area contributed by atoms with E-state index in [1.807, 2.05) is 6.07 Å². The number of ether oxygens (including phenoxy) is 2. The van der Waals surface area contributed by atoms with Gasteiger partial charge in [0.05, 0.1) is 26.2 Å². The maximum atomic E-state index is 14.1. The number of amides is 1. The van der Waals surface area contributed by atoms with Crippen LogP contribution in [0.4, 0.5) is 23.2 Å². The van der Waals surface area contributed by atoms with Crippen molar-refractivity contribution in [3.8, 4) is 23.0 Å². The number of anilines is 1. The van der Waals surface area contributed by atoms with Gasteiger partial charge in [0.2, 0.25) is 11.8 Å². The number of nitrogens with zero attached hydrogens (tertiary/aromatic N) is 3. The molecule has 0 unspecified atom stereocenters. The number of hydrogen-bond acceptors (Lipinski definition) is 8. The van der Waals surface area contributed by atoms with Crippen molar-refractivity contribution in [3.63, 3.8) is 0 Å². The summed E-state index contributed by atoms with van der Waals surface area (Å²) < 4.78 is 72.0. The first kappa shape index (κ1) is 28.9. The maximum Gasteiger partial charge on any atom is 0.470 e. The Labute approximate surface area is 231 Å². The fourth-order valence-electron chi connectivity index (χ4n) is 3.68. The molecule has 4 rings (SSSR count). The fourth-order valence-corrected chi connectivity index (χ4v) is 4.51. The molecule has 210 valence electrons. The molecule has 0 aliphatic heterocycles. The minimum Gasteiger partial charge on any atom is -0.497 e. The highest BCUT2D eigenvalue weighted by molar-refractivity contribution is 7.97. The van der Waals surface area contributed by atoms with Crippen LogP contribution in [-0.2, 0) is 23.9 Å². The van der Waals surface area contributed by atoms with E-state index in [1.165, 1.54) is 56.5 Å². The molecule has 0 fully saturated rings. The zero-order chi connectivity index (χ0) is 28.9. The first-order valence-corrected chi connectivity index (χ1v) is 12.6. The molecular formula is C27H24F4N4O4S. The van der Waals surface area contributed by atoms with Gasteiger partial charge in [-0.3, -0.25) is 9.52 Å². The number of aromatic nitrogens is 2. The Kier molecular flexibility index (Phi) is 8.95. The Morgan fingerprint density at radius 1 is 1.02 bits per heavy atom. The van der Waals surface area contributed by atoms with Crippen LogP contribution < -0.4 is 19.1 Å². The average molecular weight is 577 g/mol. The number of nitrogens with one attached hydrogen (secondary N) is 1. The molecule has 4 aromatic rings. The van der Waals surface area contributed by atoms with Crippen molar-refractivity contribution in [2.75, 3.05) is 26.2 Å². The van der Waals surface area contributed by atoms with E-state index in [0.29, 0.717) is 28.6 Å². The Hall–Kier alpha value is -4.10. The number of benzene rings is 3. The summed E-state index contributed by atoms with van der Waals surface area (Å²) in [5, 5.41) is 6.68. The Morgan fingerprint density at radius 2 is 1.80 bits per heavy atom. The van der Waals surface area contributed by atoms with Crippen LogP contribution in [0.15, 0.2) is 70.0 Å². The zero-order valence-corrected chi connectivity index (χ0v) is 22.4. The molecule has 13 heteroatoms. The summed E-state index contributed by atoms with van der Waals surface area (Å²) in [5.41, 5.74) is 1.68. The number of hydrogen-bond donors (Lipinski definition) is 1. The van der Waals surface area contributed by atoms with E-state index >= 15 is 0 Å². The monoisotopic (exact) mass is 576 g/mol. The van der Waals surface area contributed by atoms with Gasteiger partial charge < -0.3 is 18.8 Å². The molecule has 0 bridgehead atoms. The second-order valence-electron chi connectivity index (χ2n) is 8.41. The lowest BCUT2D eigenvalue weighted by atomic mass is 10.1. The summed E-state index contributed by atoms with van der Waals surface area (Å²) in [6.07, 6.45) is -4.98. The molecule has 40 heavy (non-hydrogen) atoms. The summed E-state index contributed by atoms with van der Waals surface area (Å²) in [5.74, 6) is -1.51. The van der Waals surface area contributed by atoms with E-state index < -0.39 is 17.9 Å². The highest BCUT2D eigenvalue weighted by Gasteiger charge is 2.38. The standard InChI is InChI=1S/C27H24F4N4O4S/c1-35(24(36)12-16-6-4-5-7-21(16)28)18-9-11-20(25-33-34-26(39-25)27(29,30)31)23(13-18)40-32-15-17-8-10-19(37-2)14-22(17)38-3/h4-11,13-14,32H,12,15H2,1-3H3. The van der Waals surface area contributed by atoms with Gasteiger partial charge in [-0.2, -0.15) is 13.2 Å². The molecule has 1 N–H and O–H groups in total. The third-order valence-corrected chi connectivity index (χ3v) is 6.71. The van der Waals surface area contributed by atoms with Gasteiger partial charge >= 0.3 is 12.1 Å². The van der Waals surface area contributed by atoms with Crippen LogP contribution in [0.5, 0.6) is 11.5 Å². The van der Waals surface area contributed by atoms with Gasteiger partial charge in [-0.25, -0.2) is 4.39 Å². The molecule has 1 heterocycles. The number of carbonyl (C=O) groups is 1. The predicted octanol–water partition coefficient (Wildman–Crippen LogP) is 5.91. The number of carbonyl (C=O) groups excluding carboxylic acids is 1. The van der Waals surface area contributed by atoms with Gasteiger partial charge in [0.25, 0.3) is 0 Å². The number of likely N-dealkylation sites (N-methyl/N-ethyl adjacent to an activating group) is 1. The molecule has 0 saturated heterocycles. The van der Waals surface area contributed by atoms with Gasteiger partial charge in [0.15, 0.2) is 0 Å². The molecule has 0 atom stereocenters. The number of methoxy groups -OCH3 is 2. The van der Waals surface area contributed by atoms with Crippen molar-refractivity contribution >= 4 is 23.5 Å². The summed E-state index contributed by atoms with van der Waals surface area (Å²) in [7, 11) is 4.59. The lowest BCUT2D eigenvalue weighted by Crippen LogP contribution is -2.28. The number of alkyl halides is 3. The van der Waals surface area contributed by atoms with E-state index in [-0.39, 0.29) is 29.3 Å². The molecule has 0 aliphatic carbocycles. The first-order valence-electron chi connectivity index (χ1n) is 11.8. The average Bonchev–Trinajstić information content (AvgIpc) is 3.45. The van der Waals surface area contributed by atoms with Crippen LogP contribution in [0.1, 0.15) is 17.0 Å². The molecule has 0 spiro atoms. The maximum absolute atomic E-state index is 14.1. The van der Waals surface area contributed by atoms with Crippen LogP contribution in [0.3, 0.4) is 0 Å². The molecular weight excluding hydrogens is 552 g/mol. The third kappa shape index (κ3) is 6.72. The molecule has 1 amide bonds. The van der Waals surface area contributed by atoms with Crippen LogP contribution in [0.2, 0.25) is 0 Å². The van der Waals surface area contributed by atoms with Crippen LogP contribution in [0.25, 0.3) is 11.5 Å². The molecule has 0 aliphatic rings. The van der Waals surface area contributed by atoms with Crippen LogP contribution in [-0.4, -0.2) is 37.4 Å². The lowest BCUT2D eigenvalue weighted by Gasteiger charge is -2.19. The largest absolute Gasteiger partial charge is 0.497 e. The van der Waals surface area contributed by atoms with Crippen molar-refractivity contribution in [1.29, 1.82) is 0 Å². The third-order valence-electron chi connectivity index (χ3n) is 5.86. The molecule has 8 nitrogen and oxygen atoms in total. The van der Waals surface area contributed by atoms with Crippen LogP contribution in [0, 0.1) is 5.82 Å². The summed E-state index contributed by atoms with van der Waals surface area (Å²) >= 11 is 1.09. The van der Waals surface area contributed by atoms with Gasteiger partial charge in [-0.15, -0.1) is 10.2 Å². The predicted molar refractivity (Wildman–Crippen MR) is 140 cm³/mol. The van der Waals surface area contributed by atoms with Crippen molar-refractivity contribution in [1.82, 2.24) is 14.9 Å². The van der Waals surface area contributed by atoms with Crippen molar-refractivity contribution < 1.29 is 36.2 Å². The minimum atomic E-state index is -4.80. The van der Waals surface area contributed by atoms with Gasteiger partial charge in [0.1, 0.15) is 17.3 Å². The lowest BCUT2D eigenvalue weighted by molar-refractivity contribution is -0.157. The van der Waals surface area contributed by atoms with Crippen molar-refractivity contribution in [2.24, 2.45) is 0 Å². The Bertz CT molecular complexity index is 1500. The summed E-state index contributed by atoms with van der Waals surface area (Å²) in [4.78, 5) is 14.7. The van der Waals surface area contributed by atoms with Crippen LogP contribution >= 0.6 is 11.9 Å². The van der Waals surface area contributed by atoms with E-state index in [9.17, 15) is 22.4 Å². The van der Waals surface area contributed by atoms with Gasteiger partial charge in [-0.1, -0.05) is 24.3 Å². The van der Waals surface area contributed by atoms with Crippen molar-refractivity contribution in [3.05, 3.63) is 83.5 Å². The highest BCUT2D eigenvalue weighted by Crippen LogP contribution is 2.36. The molecule has 3 aromatic carbocycles. The SMILES string of the molecule is COc1ccc(CNSc2cc(N(C)C(=O)Cc3ccccc3F)ccc2-c2nnc(C(F)(F)F)o2)c(OC)c1. The Balaban J connectivity index is 1.61. The normalized spacial score (nSPS) is 11.4. The number of halogens is 4. The number of rotatable bonds is 10. The van der Waals surface area contributed by atoms with Gasteiger partial charge in [0, 0.05) is 35.8 Å². The van der Waals surface area contributed by atoms with E-state index in [0.717, 1.165) is 17.5 Å². The molecule has 0 radical (unpaired) electrons. The quantitative estimate of drug-likeness (QED) is 0.184. The minimum absolute atomic E-state index is 0.179. The second-order valence-corrected chi connectivity index (χ2v) is 9.35. The Morgan fingerprint density at radius 3 is 2.48 bits per heavy atom.